The number of nitrogens with one attached hydrogen (secondary N) is 2. The van der Waals surface area contributed by atoms with Crippen molar-refractivity contribution in [3.63, 3.8) is 0 Å². The molecule has 0 unspecified atom stereocenters. The molecule has 1 aromatic carbocycles. The average molecular weight is 409 g/mol. The Bertz CT molecular complexity index is 787. The number of aromatic nitrogens is 3. The van der Waals surface area contributed by atoms with Crippen LogP contribution in [0.25, 0.3) is 0 Å². The van der Waals surface area contributed by atoms with Crippen LogP contribution in [0.2, 0.25) is 10.0 Å². The Hall–Kier alpha value is -1.79. The van der Waals surface area contributed by atoms with Crippen LogP contribution in [0, 0.1) is 0 Å². The van der Waals surface area contributed by atoms with Gasteiger partial charge in [0.25, 0.3) is 0 Å². The van der Waals surface area contributed by atoms with E-state index < -0.39 is 0 Å². The lowest BCUT2D eigenvalue weighted by molar-refractivity contribution is 0.594. The molecule has 0 aliphatic carbocycles. The molecule has 6 nitrogen and oxygen atoms in total. The Morgan fingerprint density at radius 1 is 1.19 bits per heavy atom. The van der Waals surface area contributed by atoms with E-state index in [1.807, 2.05) is 12.1 Å². The standard InChI is InChI=1S/C19H26Cl2N6/c1-22-19(24-13-14-8-9-15(20)12-16(14)21)23-10-5-7-18-26-25-17-6-3-2-4-11-27(17)18/h8-9,12H,2-7,10-11,13H2,1H3,(H2,22,23,24). The maximum atomic E-state index is 6.21. The minimum Gasteiger partial charge on any atom is -0.356 e. The van der Waals surface area contributed by atoms with Gasteiger partial charge < -0.3 is 15.2 Å². The van der Waals surface area contributed by atoms with Crippen LogP contribution in [0.3, 0.4) is 0 Å². The lowest BCUT2D eigenvalue weighted by Crippen LogP contribution is -2.37. The highest BCUT2D eigenvalue weighted by Gasteiger charge is 2.14. The highest BCUT2D eigenvalue weighted by molar-refractivity contribution is 6.35. The molecule has 3 rings (SSSR count). The zero-order chi connectivity index (χ0) is 19.1. The molecule has 0 fully saturated rings. The summed E-state index contributed by atoms with van der Waals surface area (Å²) < 4.78 is 2.31. The fraction of sp³-hybridized carbons (Fsp3) is 0.526. The second-order valence-corrected chi connectivity index (χ2v) is 7.53. The number of halogens is 2. The average Bonchev–Trinajstić information content (AvgIpc) is 2.88. The van der Waals surface area contributed by atoms with Crippen molar-refractivity contribution in [1.29, 1.82) is 0 Å². The second-order valence-electron chi connectivity index (χ2n) is 6.69. The van der Waals surface area contributed by atoms with Gasteiger partial charge in [0.1, 0.15) is 11.6 Å². The molecule has 0 amide bonds. The van der Waals surface area contributed by atoms with Gasteiger partial charge in [-0.3, -0.25) is 4.99 Å². The van der Waals surface area contributed by atoms with E-state index in [1.54, 1.807) is 13.1 Å². The van der Waals surface area contributed by atoms with Crippen LogP contribution < -0.4 is 10.6 Å². The van der Waals surface area contributed by atoms with Crippen molar-refractivity contribution in [2.75, 3.05) is 13.6 Å². The van der Waals surface area contributed by atoms with Gasteiger partial charge in [0, 0.05) is 49.6 Å². The summed E-state index contributed by atoms with van der Waals surface area (Å²) in [5, 5.41) is 16.6. The summed E-state index contributed by atoms with van der Waals surface area (Å²) >= 11 is 12.1. The van der Waals surface area contributed by atoms with E-state index >= 15 is 0 Å². The van der Waals surface area contributed by atoms with Crippen LogP contribution in [0.15, 0.2) is 23.2 Å². The normalized spacial score (nSPS) is 14.6. The zero-order valence-electron chi connectivity index (χ0n) is 15.6. The lowest BCUT2D eigenvalue weighted by atomic mass is 10.2. The van der Waals surface area contributed by atoms with Gasteiger partial charge in [-0.25, -0.2) is 0 Å². The molecule has 0 spiro atoms. The molecule has 0 radical (unpaired) electrons. The van der Waals surface area contributed by atoms with Crippen molar-refractivity contribution in [2.24, 2.45) is 4.99 Å². The Morgan fingerprint density at radius 2 is 2.07 bits per heavy atom. The minimum atomic E-state index is 0.591. The Kier molecular flexibility index (Phi) is 7.35. The highest BCUT2D eigenvalue weighted by Crippen LogP contribution is 2.20. The first kappa shape index (κ1) is 20.0. The first-order chi connectivity index (χ1) is 13.2. The first-order valence-electron chi connectivity index (χ1n) is 9.47. The van der Waals surface area contributed by atoms with E-state index in [9.17, 15) is 0 Å². The van der Waals surface area contributed by atoms with Crippen molar-refractivity contribution < 1.29 is 0 Å². The van der Waals surface area contributed by atoms with E-state index in [2.05, 4.69) is 30.4 Å². The Morgan fingerprint density at radius 3 is 2.89 bits per heavy atom. The lowest BCUT2D eigenvalue weighted by Gasteiger charge is -2.13. The molecule has 2 aromatic rings. The zero-order valence-corrected chi connectivity index (χ0v) is 17.2. The van der Waals surface area contributed by atoms with Crippen LogP contribution in [0.4, 0.5) is 0 Å². The summed E-state index contributed by atoms with van der Waals surface area (Å²) in [5.74, 6) is 3.00. The highest BCUT2D eigenvalue weighted by atomic mass is 35.5. The van der Waals surface area contributed by atoms with Crippen molar-refractivity contribution >= 4 is 29.2 Å². The molecule has 8 heteroatoms. The van der Waals surface area contributed by atoms with Gasteiger partial charge in [-0.05, 0) is 37.0 Å². The molecule has 146 valence electrons. The van der Waals surface area contributed by atoms with Crippen LogP contribution in [0.5, 0.6) is 0 Å². The van der Waals surface area contributed by atoms with Gasteiger partial charge in [0.2, 0.25) is 0 Å². The van der Waals surface area contributed by atoms with E-state index in [0.29, 0.717) is 16.6 Å². The molecule has 2 N–H and O–H groups in total. The van der Waals surface area contributed by atoms with E-state index in [1.165, 1.54) is 19.3 Å². The van der Waals surface area contributed by atoms with E-state index in [4.69, 9.17) is 23.2 Å². The molecular weight excluding hydrogens is 383 g/mol. The summed E-state index contributed by atoms with van der Waals surface area (Å²) in [6.45, 7) is 2.46. The molecule has 1 aromatic heterocycles. The van der Waals surface area contributed by atoms with Crippen LogP contribution >= 0.6 is 23.2 Å². The molecule has 0 saturated carbocycles. The predicted octanol–water partition coefficient (Wildman–Crippen LogP) is 3.61. The first-order valence-corrected chi connectivity index (χ1v) is 10.2. The number of hydrogen-bond donors (Lipinski definition) is 2. The second kappa shape index (κ2) is 9.95. The topological polar surface area (TPSA) is 67.1 Å². The molecule has 1 aliphatic rings. The third-order valence-corrected chi connectivity index (χ3v) is 5.33. The number of rotatable bonds is 6. The molecule has 27 heavy (non-hydrogen) atoms. The summed E-state index contributed by atoms with van der Waals surface area (Å²) in [6.07, 6.45) is 6.67. The summed E-state index contributed by atoms with van der Waals surface area (Å²) in [4.78, 5) is 4.26. The molecule has 0 saturated heterocycles. The van der Waals surface area contributed by atoms with Gasteiger partial charge in [0.05, 0.1) is 0 Å². The van der Waals surface area contributed by atoms with Gasteiger partial charge in [-0.15, -0.1) is 10.2 Å². The van der Waals surface area contributed by atoms with E-state index in [0.717, 1.165) is 55.5 Å². The largest absolute Gasteiger partial charge is 0.356 e. The summed E-state index contributed by atoms with van der Waals surface area (Å²) in [5.41, 5.74) is 0.982. The number of nitrogens with zero attached hydrogens (tertiary/aromatic N) is 4. The molecule has 0 atom stereocenters. The van der Waals surface area contributed by atoms with Crippen molar-refractivity contribution in [3.05, 3.63) is 45.5 Å². The van der Waals surface area contributed by atoms with E-state index in [-0.39, 0.29) is 0 Å². The SMILES string of the molecule is CN=C(NCCCc1nnc2n1CCCCC2)NCc1ccc(Cl)cc1Cl. The van der Waals surface area contributed by atoms with Gasteiger partial charge in [0.15, 0.2) is 5.96 Å². The fourth-order valence-corrected chi connectivity index (χ4v) is 3.72. The minimum absolute atomic E-state index is 0.591. The number of hydrogen-bond acceptors (Lipinski definition) is 3. The molecule has 0 bridgehead atoms. The van der Waals surface area contributed by atoms with Crippen molar-refractivity contribution in [1.82, 2.24) is 25.4 Å². The van der Waals surface area contributed by atoms with Gasteiger partial charge in [-0.2, -0.15) is 0 Å². The molecule has 1 aliphatic heterocycles. The van der Waals surface area contributed by atoms with Crippen LogP contribution in [0.1, 0.15) is 42.9 Å². The number of aliphatic imine (C=N–C) groups is 1. The van der Waals surface area contributed by atoms with Crippen molar-refractivity contribution in [2.45, 2.75) is 51.6 Å². The molecular formula is C19H26Cl2N6. The maximum absolute atomic E-state index is 6.21. The number of guanidine groups is 1. The third-order valence-electron chi connectivity index (χ3n) is 4.74. The maximum Gasteiger partial charge on any atom is 0.191 e. The van der Waals surface area contributed by atoms with Crippen LogP contribution in [-0.2, 0) is 25.9 Å². The number of aryl methyl sites for hydroxylation is 2. The Balaban J connectivity index is 1.43. The summed E-state index contributed by atoms with van der Waals surface area (Å²) in [6, 6.07) is 5.50. The van der Waals surface area contributed by atoms with Gasteiger partial charge in [-0.1, -0.05) is 35.7 Å². The van der Waals surface area contributed by atoms with Crippen molar-refractivity contribution in [3.8, 4) is 0 Å². The predicted molar refractivity (Wildman–Crippen MR) is 111 cm³/mol. The Labute approximate surface area is 170 Å². The third kappa shape index (κ3) is 5.59. The fourth-order valence-electron chi connectivity index (χ4n) is 3.25. The number of benzene rings is 1. The number of fused-ring (bicyclic) bond motifs is 1. The van der Waals surface area contributed by atoms with Crippen LogP contribution in [-0.4, -0.2) is 34.3 Å². The van der Waals surface area contributed by atoms with Gasteiger partial charge >= 0.3 is 0 Å². The monoisotopic (exact) mass is 408 g/mol. The quantitative estimate of drug-likeness (QED) is 0.435. The smallest absolute Gasteiger partial charge is 0.191 e. The summed E-state index contributed by atoms with van der Waals surface area (Å²) in [7, 11) is 1.76. The molecule has 2 heterocycles.